The van der Waals surface area contributed by atoms with Crippen LogP contribution in [0.25, 0.3) is 5.57 Å². The molecule has 1 N–H and O–H groups in total. The van der Waals surface area contributed by atoms with Crippen LogP contribution in [0.5, 0.6) is 0 Å². The van der Waals surface area contributed by atoms with Gasteiger partial charge < -0.3 is 15.0 Å². The van der Waals surface area contributed by atoms with Gasteiger partial charge in [0, 0.05) is 23.8 Å². The molecule has 1 fully saturated rings. The number of nitrogens with zero attached hydrogens (tertiary/aromatic N) is 1. The number of ether oxygens (including phenoxy) is 1. The van der Waals surface area contributed by atoms with E-state index in [4.69, 9.17) is 4.74 Å². The van der Waals surface area contributed by atoms with E-state index in [0.29, 0.717) is 6.54 Å². The number of rotatable bonds is 6. The third-order valence-corrected chi connectivity index (χ3v) is 5.10. The summed E-state index contributed by atoms with van der Waals surface area (Å²) in [7, 11) is 0. The van der Waals surface area contributed by atoms with E-state index in [1.807, 2.05) is 77.1 Å². The molecule has 2 unspecified atom stereocenters. The number of carbonyl (C=O) groups excluding carboxylic acids is 2. The SMILES string of the molecule is C=C/C(=C\C=C/C)c1ccccc1NC(=O)C(C)C1CCCN1C(=O)OC(C)(C)C. The van der Waals surface area contributed by atoms with E-state index in [1.165, 1.54) is 0 Å². The van der Waals surface area contributed by atoms with Crippen LogP contribution in [-0.4, -0.2) is 35.1 Å². The second-order valence-corrected chi connectivity index (χ2v) is 8.56. The molecule has 0 spiro atoms. The summed E-state index contributed by atoms with van der Waals surface area (Å²) in [5.41, 5.74) is 2.00. The molecule has 0 radical (unpaired) electrons. The Bertz CT molecular complexity index is 833. The first-order chi connectivity index (χ1) is 14.2. The molecule has 1 aliphatic rings. The predicted octanol–water partition coefficient (Wildman–Crippen LogP) is 5.81. The van der Waals surface area contributed by atoms with Crippen molar-refractivity contribution >= 4 is 23.3 Å². The Morgan fingerprint density at radius 3 is 2.63 bits per heavy atom. The van der Waals surface area contributed by atoms with Gasteiger partial charge in [0.25, 0.3) is 0 Å². The molecule has 1 heterocycles. The Kier molecular flexibility index (Phi) is 8.04. The second kappa shape index (κ2) is 10.3. The van der Waals surface area contributed by atoms with Gasteiger partial charge in [0.15, 0.2) is 0 Å². The maximum Gasteiger partial charge on any atom is 0.410 e. The fourth-order valence-electron chi connectivity index (χ4n) is 3.59. The molecule has 1 saturated heterocycles. The Morgan fingerprint density at radius 2 is 2.00 bits per heavy atom. The van der Waals surface area contributed by atoms with Crippen molar-refractivity contribution in [3.63, 3.8) is 0 Å². The number of hydrogen-bond donors (Lipinski definition) is 1. The van der Waals surface area contributed by atoms with Gasteiger partial charge in [-0.2, -0.15) is 0 Å². The van der Waals surface area contributed by atoms with Crippen molar-refractivity contribution in [3.8, 4) is 0 Å². The van der Waals surface area contributed by atoms with Crippen LogP contribution in [0.1, 0.15) is 53.0 Å². The molecule has 0 bridgehead atoms. The molecule has 5 nitrogen and oxygen atoms in total. The highest BCUT2D eigenvalue weighted by Gasteiger charge is 2.38. The first-order valence-electron chi connectivity index (χ1n) is 10.5. The Labute approximate surface area is 180 Å². The van der Waals surface area contributed by atoms with Gasteiger partial charge in [-0.3, -0.25) is 4.79 Å². The highest BCUT2D eigenvalue weighted by atomic mass is 16.6. The van der Waals surface area contributed by atoms with Crippen LogP contribution in [-0.2, 0) is 9.53 Å². The van der Waals surface area contributed by atoms with Crippen molar-refractivity contribution < 1.29 is 14.3 Å². The average molecular weight is 411 g/mol. The molecule has 2 rings (SSSR count). The van der Waals surface area contributed by atoms with Crippen molar-refractivity contribution in [2.24, 2.45) is 5.92 Å². The Hall–Kier alpha value is -2.82. The highest BCUT2D eigenvalue weighted by Crippen LogP contribution is 2.29. The smallest absolute Gasteiger partial charge is 0.410 e. The zero-order valence-corrected chi connectivity index (χ0v) is 18.8. The van der Waals surface area contributed by atoms with E-state index < -0.39 is 5.60 Å². The molecule has 2 atom stereocenters. The third kappa shape index (κ3) is 6.09. The molecule has 0 aromatic heterocycles. The molecule has 30 heavy (non-hydrogen) atoms. The molecule has 1 aromatic carbocycles. The molecule has 1 aliphatic heterocycles. The van der Waals surface area contributed by atoms with Gasteiger partial charge >= 0.3 is 6.09 Å². The number of hydrogen-bond acceptors (Lipinski definition) is 3. The van der Waals surface area contributed by atoms with Gasteiger partial charge in [0.05, 0.1) is 5.92 Å². The third-order valence-electron chi connectivity index (χ3n) is 5.10. The summed E-state index contributed by atoms with van der Waals surface area (Å²) >= 11 is 0. The van der Waals surface area contributed by atoms with E-state index in [0.717, 1.165) is 29.7 Å². The first kappa shape index (κ1) is 23.5. The predicted molar refractivity (Wildman–Crippen MR) is 123 cm³/mol. The van der Waals surface area contributed by atoms with Crippen LogP contribution < -0.4 is 5.32 Å². The maximum atomic E-state index is 13.1. The van der Waals surface area contributed by atoms with Gasteiger partial charge in [-0.1, -0.05) is 56.0 Å². The van der Waals surface area contributed by atoms with Crippen LogP contribution in [0.2, 0.25) is 0 Å². The minimum atomic E-state index is -0.560. The van der Waals surface area contributed by atoms with Crippen molar-refractivity contribution in [2.45, 2.75) is 59.1 Å². The Morgan fingerprint density at radius 1 is 1.30 bits per heavy atom. The zero-order chi connectivity index (χ0) is 22.3. The molecule has 0 saturated carbocycles. The van der Waals surface area contributed by atoms with Crippen molar-refractivity contribution in [3.05, 3.63) is 60.7 Å². The topological polar surface area (TPSA) is 58.6 Å². The van der Waals surface area contributed by atoms with Crippen LogP contribution in [0.3, 0.4) is 0 Å². The summed E-state index contributed by atoms with van der Waals surface area (Å²) in [6.07, 6.45) is 8.92. The normalized spacial score (nSPS) is 18.4. The largest absolute Gasteiger partial charge is 0.444 e. The van der Waals surface area contributed by atoms with Crippen LogP contribution in [0, 0.1) is 5.92 Å². The molecule has 0 aliphatic carbocycles. The summed E-state index contributed by atoms with van der Waals surface area (Å²) in [5, 5.41) is 3.06. The number of amides is 2. The van der Waals surface area contributed by atoms with E-state index in [-0.39, 0.29) is 24.0 Å². The summed E-state index contributed by atoms with van der Waals surface area (Å²) in [6, 6.07) is 7.49. The number of carbonyl (C=O) groups is 2. The average Bonchev–Trinajstić information content (AvgIpc) is 3.17. The monoisotopic (exact) mass is 410 g/mol. The quantitative estimate of drug-likeness (QED) is 0.602. The fourth-order valence-corrected chi connectivity index (χ4v) is 3.59. The lowest BCUT2D eigenvalue weighted by Gasteiger charge is -2.31. The molecule has 1 aromatic rings. The van der Waals surface area contributed by atoms with Crippen LogP contribution in [0.4, 0.5) is 10.5 Å². The lowest BCUT2D eigenvalue weighted by Crippen LogP contribution is -2.45. The zero-order valence-electron chi connectivity index (χ0n) is 18.8. The van der Waals surface area contributed by atoms with E-state index in [2.05, 4.69) is 11.9 Å². The van der Waals surface area contributed by atoms with Gasteiger partial charge in [-0.15, -0.1) is 0 Å². The minimum Gasteiger partial charge on any atom is -0.444 e. The number of likely N-dealkylation sites (tertiary alicyclic amines) is 1. The number of allylic oxidation sites excluding steroid dienone is 5. The van der Waals surface area contributed by atoms with E-state index in [9.17, 15) is 9.59 Å². The minimum absolute atomic E-state index is 0.114. The van der Waals surface area contributed by atoms with E-state index in [1.54, 1.807) is 11.0 Å². The summed E-state index contributed by atoms with van der Waals surface area (Å²) in [6.45, 7) is 13.9. The number of benzene rings is 1. The van der Waals surface area contributed by atoms with Crippen molar-refractivity contribution in [2.75, 3.05) is 11.9 Å². The molecular formula is C25H34N2O3. The molecule has 5 heteroatoms. The summed E-state index contributed by atoms with van der Waals surface area (Å²) < 4.78 is 5.53. The molecule has 162 valence electrons. The van der Waals surface area contributed by atoms with Crippen molar-refractivity contribution in [1.29, 1.82) is 0 Å². The van der Waals surface area contributed by atoms with Gasteiger partial charge in [-0.25, -0.2) is 4.79 Å². The lowest BCUT2D eigenvalue weighted by atomic mass is 9.97. The Balaban J connectivity index is 2.18. The second-order valence-electron chi connectivity index (χ2n) is 8.56. The highest BCUT2D eigenvalue weighted by molar-refractivity contribution is 5.97. The van der Waals surface area contributed by atoms with Gasteiger partial charge in [0.1, 0.15) is 5.60 Å². The number of para-hydroxylation sites is 1. The standard InChI is InChI=1S/C25H34N2O3/c1-7-9-13-19(8-2)20-14-10-11-15-21(20)26-23(28)18(3)22-16-12-17-27(22)24(29)30-25(4,5)6/h7-11,13-15,18,22H,2,12,16-17H2,1,3-6H3,(H,26,28)/b9-7-,19-13+. The number of anilines is 1. The maximum absolute atomic E-state index is 13.1. The molecular weight excluding hydrogens is 376 g/mol. The van der Waals surface area contributed by atoms with Gasteiger partial charge in [-0.05, 0) is 52.2 Å². The first-order valence-corrected chi connectivity index (χ1v) is 10.5. The van der Waals surface area contributed by atoms with Crippen LogP contribution >= 0.6 is 0 Å². The van der Waals surface area contributed by atoms with Crippen molar-refractivity contribution in [1.82, 2.24) is 4.90 Å². The summed E-state index contributed by atoms with van der Waals surface area (Å²) in [4.78, 5) is 27.4. The summed E-state index contributed by atoms with van der Waals surface area (Å²) in [5.74, 6) is -0.475. The lowest BCUT2D eigenvalue weighted by molar-refractivity contribution is -0.120. The molecule has 2 amide bonds. The van der Waals surface area contributed by atoms with Gasteiger partial charge in [0.2, 0.25) is 5.91 Å². The van der Waals surface area contributed by atoms with E-state index >= 15 is 0 Å². The fraction of sp³-hybridized carbons (Fsp3) is 0.440. The van der Waals surface area contributed by atoms with Crippen LogP contribution in [0.15, 0.2) is 55.1 Å². The number of nitrogens with one attached hydrogen (secondary N) is 1.